The molecule has 1 aromatic heterocycles. The van der Waals surface area contributed by atoms with Gasteiger partial charge >= 0.3 is 0 Å². The largest absolute Gasteiger partial charge is 0.383 e. The number of aromatic nitrogens is 1. The third kappa shape index (κ3) is 1.92. The number of rotatable bonds is 1. The fraction of sp³-hybridized carbons (Fsp3) is 0.267. The van der Waals surface area contributed by atoms with E-state index in [2.05, 4.69) is 47.6 Å². The highest BCUT2D eigenvalue weighted by Gasteiger charge is 2.14. The van der Waals surface area contributed by atoms with Crippen LogP contribution in [0.5, 0.6) is 0 Å². The number of fused-ring (bicyclic) bond motifs is 1. The molecule has 3 rings (SSSR count). The average Bonchev–Trinajstić information content (AvgIpc) is 2.38. The number of nitrogen functional groups attached to an aromatic ring is 1. The van der Waals surface area contributed by atoms with Crippen molar-refractivity contribution in [1.29, 1.82) is 0 Å². The number of nitrogens with zero attached hydrogens (tertiary/aromatic N) is 1. The van der Waals surface area contributed by atoms with Crippen LogP contribution < -0.4 is 11.1 Å². The minimum absolute atomic E-state index is 0.605. The first-order valence-corrected chi connectivity index (χ1v) is 6.34. The van der Waals surface area contributed by atoms with Crippen molar-refractivity contribution >= 4 is 11.6 Å². The summed E-state index contributed by atoms with van der Waals surface area (Å²) in [6.07, 6.45) is 2.24. The van der Waals surface area contributed by atoms with Gasteiger partial charge in [-0.2, -0.15) is 0 Å². The lowest BCUT2D eigenvalue weighted by atomic mass is 9.99. The summed E-state index contributed by atoms with van der Waals surface area (Å²) in [4.78, 5) is 4.49. The normalized spacial score (nSPS) is 13.8. The second-order valence-corrected chi connectivity index (χ2v) is 4.83. The van der Waals surface area contributed by atoms with Gasteiger partial charge in [0.2, 0.25) is 0 Å². The van der Waals surface area contributed by atoms with Gasteiger partial charge in [0.25, 0.3) is 0 Å². The highest BCUT2D eigenvalue weighted by Crippen LogP contribution is 2.31. The molecule has 2 aromatic rings. The highest BCUT2D eigenvalue weighted by molar-refractivity contribution is 5.77. The van der Waals surface area contributed by atoms with E-state index in [1.165, 1.54) is 11.1 Å². The number of anilines is 2. The van der Waals surface area contributed by atoms with E-state index in [0.29, 0.717) is 5.82 Å². The van der Waals surface area contributed by atoms with Gasteiger partial charge in [0, 0.05) is 12.1 Å². The van der Waals surface area contributed by atoms with E-state index in [1.807, 2.05) is 0 Å². The summed E-state index contributed by atoms with van der Waals surface area (Å²) in [5.74, 6) is 1.56. The fourth-order valence-electron chi connectivity index (χ4n) is 2.44. The summed E-state index contributed by atoms with van der Waals surface area (Å²) in [6.45, 7) is 3.08. The number of pyridine rings is 1. The maximum Gasteiger partial charge on any atom is 0.133 e. The Morgan fingerprint density at radius 1 is 1.28 bits per heavy atom. The van der Waals surface area contributed by atoms with Gasteiger partial charge in [-0.05, 0) is 37.0 Å². The Balaban J connectivity index is 2.12. The maximum atomic E-state index is 6.08. The molecular formula is C15H17N3. The quantitative estimate of drug-likeness (QED) is 0.804. The van der Waals surface area contributed by atoms with Crippen LogP contribution in [0.3, 0.4) is 0 Å². The van der Waals surface area contributed by atoms with Crippen molar-refractivity contribution in [2.75, 3.05) is 17.6 Å². The van der Waals surface area contributed by atoms with Crippen molar-refractivity contribution < 1.29 is 0 Å². The first kappa shape index (κ1) is 11.1. The average molecular weight is 239 g/mol. The molecular weight excluding hydrogens is 222 g/mol. The van der Waals surface area contributed by atoms with Crippen molar-refractivity contribution in [2.45, 2.75) is 19.8 Å². The zero-order chi connectivity index (χ0) is 12.5. The van der Waals surface area contributed by atoms with Gasteiger partial charge in [0.05, 0.1) is 0 Å². The zero-order valence-corrected chi connectivity index (χ0v) is 10.5. The number of nitrogens with two attached hydrogens (primary N) is 1. The maximum absolute atomic E-state index is 6.08. The van der Waals surface area contributed by atoms with Gasteiger partial charge in [-0.15, -0.1) is 0 Å². The molecule has 0 spiro atoms. The molecule has 18 heavy (non-hydrogen) atoms. The van der Waals surface area contributed by atoms with Crippen LogP contribution in [-0.2, 0) is 6.42 Å². The van der Waals surface area contributed by atoms with Crippen LogP contribution in [0.15, 0.2) is 30.3 Å². The minimum Gasteiger partial charge on any atom is -0.383 e. The number of aryl methyl sites for hydroxylation is 2. The Kier molecular flexibility index (Phi) is 2.67. The van der Waals surface area contributed by atoms with Gasteiger partial charge in [0.1, 0.15) is 11.6 Å². The molecule has 0 fully saturated rings. The summed E-state index contributed by atoms with van der Waals surface area (Å²) >= 11 is 0. The van der Waals surface area contributed by atoms with Gasteiger partial charge in [0.15, 0.2) is 0 Å². The lowest BCUT2D eigenvalue weighted by Gasteiger charge is -2.19. The lowest BCUT2D eigenvalue weighted by molar-refractivity contribution is 0.819. The molecule has 1 aliphatic rings. The molecule has 0 saturated heterocycles. The van der Waals surface area contributed by atoms with Crippen molar-refractivity contribution in [3.8, 4) is 11.1 Å². The van der Waals surface area contributed by atoms with Crippen LogP contribution in [0, 0.1) is 6.92 Å². The number of hydrogen-bond acceptors (Lipinski definition) is 3. The van der Waals surface area contributed by atoms with Gasteiger partial charge < -0.3 is 11.1 Å². The zero-order valence-electron chi connectivity index (χ0n) is 10.5. The third-order valence-corrected chi connectivity index (χ3v) is 3.38. The molecule has 92 valence electrons. The first-order chi connectivity index (χ1) is 8.74. The molecule has 0 radical (unpaired) electrons. The molecule has 0 atom stereocenters. The predicted octanol–water partition coefficient (Wildman–Crippen LogP) is 3.00. The number of hydrogen-bond donors (Lipinski definition) is 2. The Labute approximate surface area is 107 Å². The molecule has 2 heterocycles. The SMILES string of the molecule is Cc1cccc(-c2cc3c(nc2N)NCCC3)c1. The van der Waals surface area contributed by atoms with Crippen LogP contribution in [0.4, 0.5) is 11.6 Å². The fourth-order valence-corrected chi connectivity index (χ4v) is 2.44. The molecule has 1 aliphatic heterocycles. The van der Waals surface area contributed by atoms with E-state index in [9.17, 15) is 0 Å². The summed E-state index contributed by atoms with van der Waals surface area (Å²) in [7, 11) is 0. The summed E-state index contributed by atoms with van der Waals surface area (Å²) in [6, 6.07) is 10.6. The summed E-state index contributed by atoms with van der Waals surface area (Å²) in [5.41, 5.74) is 10.8. The topological polar surface area (TPSA) is 50.9 Å². The molecule has 3 N–H and O–H groups in total. The van der Waals surface area contributed by atoms with Crippen LogP contribution >= 0.6 is 0 Å². The van der Waals surface area contributed by atoms with Crippen molar-refractivity contribution in [2.24, 2.45) is 0 Å². The van der Waals surface area contributed by atoms with Crippen LogP contribution in [0.25, 0.3) is 11.1 Å². The molecule has 0 bridgehead atoms. The molecule has 0 unspecified atom stereocenters. The standard InChI is InChI=1S/C15H17N3/c1-10-4-2-5-11(8-10)13-9-12-6-3-7-17-15(12)18-14(13)16/h2,4-5,8-9H,3,6-7H2,1H3,(H3,16,17,18). The Bertz CT molecular complexity index is 590. The summed E-state index contributed by atoms with van der Waals surface area (Å²) < 4.78 is 0. The smallest absolute Gasteiger partial charge is 0.133 e. The number of benzene rings is 1. The predicted molar refractivity (Wildman–Crippen MR) is 75.6 cm³/mol. The molecule has 3 nitrogen and oxygen atoms in total. The third-order valence-electron chi connectivity index (χ3n) is 3.38. The van der Waals surface area contributed by atoms with E-state index in [-0.39, 0.29) is 0 Å². The van der Waals surface area contributed by atoms with E-state index in [0.717, 1.165) is 36.3 Å². The van der Waals surface area contributed by atoms with Crippen LogP contribution in [-0.4, -0.2) is 11.5 Å². The minimum atomic E-state index is 0.605. The Morgan fingerprint density at radius 3 is 3.00 bits per heavy atom. The van der Waals surface area contributed by atoms with E-state index in [4.69, 9.17) is 5.73 Å². The Hall–Kier alpha value is -2.03. The van der Waals surface area contributed by atoms with Crippen LogP contribution in [0.2, 0.25) is 0 Å². The van der Waals surface area contributed by atoms with Crippen molar-refractivity contribution in [1.82, 2.24) is 4.98 Å². The molecule has 1 aromatic carbocycles. The highest BCUT2D eigenvalue weighted by atomic mass is 15.0. The van der Waals surface area contributed by atoms with E-state index >= 15 is 0 Å². The van der Waals surface area contributed by atoms with Crippen LogP contribution in [0.1, 0.15) is 17.5 Å². The Morgan fingerprint density at radius 2 is 2.17 bits per heavy atom. The monoisotopic (exact) mass is 239 g/mol. The summed E-state index contributed by atoms with van der Waals surface area (Å²) in [5, 5.41) is 3.30. The molecule has 0 aliphatic carbocycles. The second kappa shape index (κ2) is 4.33. The second-order valence-electron chi connectivity index (χ2n) is 4.83. The number of nitrogens with one attached hydrogen (secondary N) is 1. The van der Waals surface area contributed by atoms with Crippen molar-refractivity contribution in [3.63, 3.8) is 0 Å². The van der Waals surface area contributed by atoms with E-state index in [1.54, 1.807) is 0 Å². The lowest BCUT2D eigenvalue weighted by Crippen LogP contribution is -2.14. The van der Waals surface area contributed by atoms with E-state index < -0.39 is 0 Å². The van der Waals surface area contributed by atoms with Gasteiger partial charge in [-0.3, -0.25) is 0 Å². The first-order valence-electron chi connectivity index (χ1n) is 6.34. The molecule has 3 heteroatoms. The molecule has 0 amide bonds. The van der Waals surface area contributed by atoms with Gasteiger partial charge in [-0.1, -0.05) is 29.8 Å². The molecule has 0 saturated carbocycles. The van der Waals surface area contributed by atoms with Crippen molar-refractivity contribution in [3.05, 3.63) is 41.5 Å². The van der Waals surface area contributed by atoms with Gasteiger partial charge in [-0.25, -0.2) is 4.98 Å².